The minimum Gasteiger partial charge on any atom is -0.342 e. The third kappa shape index (κ3) is 3.48. The Kier molecular flexibility index (Phi) is 4.64. The number of nitrogens with zero attached hydrogens (tertiary/aromatic N) is 1. The van der Waals surface area contributed by atoms with E-state index in [2.05, 4.69) is 10.2 Å². The van der Waals surface area contributed by atoms with Crippen molar-refractivity contribution in [3.63, 3.8) is 0 Å². The molecule has 0 radical (unpaired) electrons. The minimum absolute atomic E-state index is 0.314. The van der Waals surface area contributed by atoms with Crippen LogP contribution in [0.5, 0.6) is 0 Å². The average molecular weight is 224 g/mol. The molecule has 1 amide bonds. The third-order valence-corrected chi connectivity index (χ3v) is 3.86. The van der Waals surface area contributed by atoms with Crippen LogP contribution in [0.3, 0.4) is 0 Å². The minimum atomic E-state index is 0.314. The van der Waals surface area contributed by atoms with Crippen LogP contribution in [0.15, 0.2) is 0 Å². The summed E-state index contributed by atoms with van der Waals surface area (Å²) < 4.78 is 0. The highest BCUT2D eigenvalue weighted by Gasteiger charge is 2.18. The molecular formula is C13H24N2O. The largest absolute Gasteiger partial charge is 0.342 e. The van der Waals surface area contributed by atoms with Crippen molar-refractivity contribution in [1.29, 1.82) is 0 Å². The first kappa shape index (κ1) is 11.9. The van der Waals surface area contributed by atoms with Crippen LogP contribution in [0, 0.1) is 0 Å². The normalized spacial score (nSPS) is 23.4. The van der Waals surface area contributed by atoms with Gasteiger partial charge in [0, 0.05) is 19.1 Å². The standard InChI is InChI=1S/C13H24N2O/c16-13(11-14-12-7-3-4-8-12)15-9-5-1-2-6-10-15/h12,14H,1-11H2. The summed E-state index contributed by atoms with van der Waals surface area (Å²) in [5.41, 5.74) is 0. The van der Waals surface area contributed by atoms with Crippen molar-refractivity contribution >= 4 is 5.91 Å². The zero-order valence-corrected chi connectivity index (χ0v) is 10.2. The van der Waals surface area contributed by atoms with Crippen LogP contribution >= 0.6 is 0 Å². The molecule has 1 N–H and O–H groups in total. The van der Waals surface area contributed by atoms with Crippen LogP contribution in [0.2, 0.25) is 0 Å². The molecule has 0 unspecified atom stereocenters. The second-order valence-electron chi connectivity index (χ2n) is 5.16. The Morgan fingerprint density at radius 2 is 1.62 bits per heavy atom. The predicted octanol–water partition coefficient (Wildman–Crippen LogP) is 1.92. The van der Waals surface area contributed by atoms with E-state index < -0.39 is 0 Å². The molecule has 1 aliphatic heterocycles. The fourth-order valence-electron chi connectivity index (χ4n) is 2.79. The van der Waals surface area contributed by atoms with E-state index in [1.54, 1.807) is 0 Å². The quantitative estimate of drug-likeness (QED) is 0.794. The highest BCUT2D eigenvalue weighted by Crippen LogP contribution is 2.17. The fraction of sp³-hybridized carbons (Fsp3) is 0.923. The van der Waals surface area contributed by atoms with Crippen LogP contribution in [0.4, 0.5) is 0 Å². The highest BCUT2D eigenvalue weighted by molar-refractivity contribution is 5.78. The summed E-state index contributed by atoms with van der Waals surface area (Å²) >= 11 is 0. The third-order valence-electron chi connectivity index (χ3n) is 3.86. The molecule has 1 heterocycles. The van der Waals surface area contributed by atoms with Gasteiger partial charge in [0.2, 0.25) is 5.91 Å². The summed E-state index contributed by atoms with van der Waals surface area (Å²) in [6, 6.07) is 0.607. The van der Waals surface area contributed by atoms with Crippen LogP contribution in [-0.4, -0.2) is 36.5 Å². The summed E-state index contributed by atoms with van der Waals surface area (Å²) in [7, 11) is 0. The number of nitrogens with one attached hydrogen (secondary N) is 1. The molecule has 0 bridgehead atoms. The van der Waals surface area contributed by atoms with E-state index in [9.17, 15) is 4.79 Å². The predicted molar refractivity (Wildman–Crippen MR) is 65.3 cm³/mol. The molecule has 2 fully saturated rings. The van der Waals surface area contributed by atoms with Crippen molar-refractivity contribution in [3.8, 4) is 0 Å². The van der Waals surface area contributed by atoms with Crippen LogP contribution in [-0.2, 0) is 4.79 Å². The molecule has 0 atom stereocenters. The van der Waals surface area contributed by atoms with Gasteiger partial charge in [0.1, 0.15) is 0 Å². The molecular weight excluding hydrogens is 200 g/mol. The number of rotatable bonds is 3. The Morgan fingerprint density at radius 3 is 2.25 bits per heavy atom. The molecule has 1 saturated carbocycles. The zero-order chi connectivity index (χ0) is 11.2. The van der Waals surface area contributed by atoms with Gasteiger partial charge >= 0.3 is 0 Å². The Labute approximate surface area is 98.6 Å². The first-order valence-corrected chi connectivity index (χ1v) is 6.87. The van der Waals surface area contributed by atoms with E-state index in [1.165, 1.54) is 51.4 Å². The van der Waals surface area contributed by atoms with E-state index in [4.69, 9.17) is 0 Å². The Morgan fingerprint density at radius 1 is 1.00 bits per heavy atom. The Balaban J connectivity index is 1.69. The smallest absolute Gasteiger partial charge is 0.236 e. The molecule has 1 saturated heterocycles. The first-order valence-electron chi connectivity index (χ1n) is 6.87. The number of amides is 1. The number of hydrogen-bond acceptors (Lipinski definition) is 2. The van der Waals surface area contributed by atoms with Crippen LogP contribution in [0.25, 0.3) is 0 Å². The summed E-state index contributed by atoms with van der Waals surface area (Å²) in [4.78, 5) is 14.0. The van der Waals surface area contributed by atoms with Gasteiger partial charge < -0.3 is 10.2 Å². The van der Waals surface area contributed by atoms with Gasteiger partial charge in [-0.05, 0) is 25.7 Å². The summed E-state index contributed by atoms with van der Waals surface area (Å²) in [5, 5.41) is 3.41. The molecule has 0 aromatic heterocycles. The fourth-order valence-corrected chi connectivity index (χ4v) is 2.79. The van der Waals surface area contributed by atoms with Gasteiger partial charge in [-0.2, -0.15) is 0 Å². The summed E-state index contributed by atoms with van der Waals surface area (Å²) in [6.45, 7) is 2.51. The first-order chi connectivity index (χ1) is 7.86. The van der Waals surface area contributed by atoms with E-state index >= 15 is 0 Å². The maximum Gasteiger partial charge on any atom is 0.236 e. The van der Waals surface area contributed by atoms with E-state index in [-0.39, 0.29) is 0 Å². The molecule has 3 nitrogen and oxygen atoms in total. The van der Waals surface area contributed by atoms with Crippen molar-refractivity contribution in [2.75, 3.05) is 19.6 Å². The van der Waals surface area contributed by atoms with Gasteiger partial charge in [0.15, 0.2) is 0 Å². The van der Waals surface area contributed by atoms with Gasteiger partial charge in [-0.3, -0.25) is 4.79 Å². The van der Waals surface area contributed by atoms with Gasteiger partial charge in [-0.15, -0.1) is 0 Å². The molecule has 0 aromatic carbocycles. The Hall–Kier alpha value is -0.570. The number of hydrogen-bond donors (Lipinski definition) is 1. The lowest BCUT2D eigenvalue weighted by Gasteiger charge is -2.21. The number of likely N-dealkylation sites (tertiary alicyclic amines) is 1. The zero-order valence-electron chi connectivity index (χ0n) is 10.2. The number of carbonyl (C=O) groups is 1. The van der Waals surface area contributed by atoms with Crippen molar-refractivity contribution in [3.05, 3.63) is 0 Å². The monoisotopic (exact) mass is 224 g/mol. The molecule has 3 heteroatoms. The summed E-state index contributed by atoms with van der Waals surface area (Å²) in [6.07, 6.45) is 10.1. The van der Waals surface area contributed by atoms with Gasteiger partial charge in [0.25, 0.3) is 0 Å². The molecule has 16 heavy (non-hydrogen) atoms. The lowest BCUT2D eigenvalue weighted by Crippen LogP contribution is -2.41. The summed E-state index contributed by atoms with van der Waals surface area (Å²) in [5.74, 6) is 0.314. The number of carbonyl (C=O) groups excluding carboxylic acids is 1. The highest BCUT2D eigenvalue weighted by atomic mass is 16.2. The maximum atomic E-state index is 12.0. The average Bonchev–Trinajstić information content (AvgIpc) is 2.66. The van der Waals surface area contributed by atoms with Gasteiger partial charge in [-0.1, -0.05) is 25.7 Å². The molecule has 1 aliphatic carbocycles. The lowest BCUT2D eigenvalue weighted by atomic mass is 10.2. The molecule has 2 aliphatic rings. The van der Waals surface area contributed by atoms with Crippen LogP contribution in [0.1, 0.15) is 51.4 Å². The van der Waals surface area contributed by atoms with Gasteiger partial charge in [-0.25, -0.2) is 0 Å². The van der Waals surface area contributed by atoms with Gasteiger partial charge in [0.05, 0.1) is 6.54 Å². The van der Waals surface area contributed by atoms with E-state index in [1.807, 2.05) is 0 Å². The molecule has 2 rings (SSSR count). The maximum absolute atomic E-state index is 12.0. The molecule has 0 spiro atoms. The van der Waals surface area contributed by atoms with E-state index in [0.717, 1.165) is 13.1 Å². The van der Waals surface area contributed by atoms with Crippen molar-refractivity contribution in [1.82, 2.24) is 10.2 Å². The molecule has 0 aromatic rings. The van der Waals surface area contributed by atoms with E-state index in [0.29, 0.717) is 18.5 Å². The SMILES string of the molecule is O=C(CNC1CCCC1)N1CCCCCC1. The van der Waals surface area contributed by atoms with Crippen LogP contribution < -0.4 is 5.32 Å². The second-order valence-corrected chi connectivity index (χ2v) is 5.16. The van der Waals surface area contributed by atoms with Crippen molar-refractivity contribution in [2.45, 2.75) is 57.4 Å². The van der Waals surface area contributed by atoms with Crippen molar-refractivity contribution in [2.24, 2.45) is 0 Å². The topological polar surface area (TPSA) is 32.3 Å². The second kappa shape index (κ2) is 6.24. The lowest BCUT2D eigenvalue weighted by molar-refractivity contribution is -0.130. The molecule has 92 valence electrons. The van der Waals surface area contributed by atoms with Crippen molar-refractivity contribution < 1.29 is 4.79 Å². The Bertz CT molecular complexity index is 216.